The van der Waals surface area contributed by atoms with Gasteiger partial charge in [-0.3, -0.25) is 9.69 Å². The lowest BCUT2D eigenvalue weighted by molar-refractivity contribution is -0.117. The van der Waals surface area contributed by atoms with Gasteiger partial charge in [-0.2, -0.15) is 0 Å². The zero-order valence-electron chi connectivity index (χ0n) is 16.5. The van der Waals surface area contributed by atoms with E-state index in [2.05, 4.69) is 21.8 Å². The number of sulfonamides is 1. The molecule has 154 valence electrons. The molecule has 7 heteroatoms. The topological polar surface area (TPSA) is 69.7 Å². The van der Waals surface area contributed by atoms with Gasteiger partial charge >= 0.3 is 0 Å². The number of likely N-dealkylation sites (tertiary alicyclic amines) is 1. The van der Waals surface area contributed by atoms with Gasteiger partial charge in [0.1, 0.15) is 0 Å². The Morgan fingerprint density at radius 2 is 1.62 bits per heavy atom. The molecule has 4 rings (SSSR count). The van der Waals surface area contributed by atoms with Crippen LogP contribution in [0.25, 0.3) is 0 Å². The molecule has 0 unspecified atom stereocenters. The lowest BCUT2D eigenvalue weighted by atomic mass is 10.1. The Hall–Kier alpha value is -2.22. The lowest BCUT2D eigenvalue weighted by Crippen LogP contribution is -2.44. The van der Waals surface area contributed by atoms with E-state index in [1.165, 1.54) is 5.56 Å². The van der Waals surface area contributed by atoms with Crippen molar-refractivity contribution in [2.45, 2.75) is 43.2 Å². The van der Waals surface area contributed by atoms with Gasteiger partial charge < -0.3 is 4.90 Å². The Labute approximate surface area is 172 Å². The van der Waals surface area contributed by atoms with Crippen LogP contribution in [0.2, 0.25) is 0 Å². The average molecular weight is 414 g/mol. The van der Waals surface area contributed by atoms with Crippen molar-refractivity contribution in [3.63, 3.8) is 0 Å². The van der Waals surface area contributed by atoms with Crippen molar-refractivity contribution >= 4 is 21.6 Å². The van der Waals surface area contributed by atoms with Crippen molar-refractivity contribution in [1.82, 2.24) is 9.62 Å². The van der Waals surface area contributed by atoms with Gasteiger partial charge in [0.2, 0.25) is 15.9 Å². The van der Waals surface area contributed by atoms with E-state index in [1.54, 1.807) is 29.2 Å². The molecular formula is C22H27N3O3S. The largest absolute Gasteiger partial charge is 0.312 e. The molecule has 2 aromatic rings. The number of anilines is 1. The maximum atomic E-state index is 12.8. The molecule has 0 radical (unpaired) electrons. The van der Waals surface area contributed by atoms with Gasteiger partial charge in [-0.05, 0) is 49.1 Å². The molecule has 29 heavy (non-hydrogen) atoms. The van der Waals surface area contributed by atoms with E-state index in [0.717, 1.165) is 44.6 Å². The molecule has 0 saturated carbocycles. The van der Waals surface area contributed by atoms with E-state index in [1.807, 2.05) is 18.2 Å². The molecular weight excluding hydrogens is 386 g/mol. The predicted molar refractivity (Wildman–Crippen MR) is 113 cm³/mol. The SMILES string of the molecule is O=C1CCCN1c1ccc(S(=O)(=O)NC2CCN(Cc3ccccc3)CC2)cc1. The van der Waals surface area contributed by atoms with Crippen molar-refractivity contribution in [3.05, 3.63) is 60.2 Å². The molecule has 0 spiro atoms. The van der Waals surface area contributed by atoms with Crippen LogP contribution in [0.5, 0.6) is 0 Å². The van der Waals surface area contributed by atoms with Crippen LogP contribution in [0.4, 0.5) is 5.69 Å². The Morgan fingerprint density at radius 3 is 2.24 bits per heavy atom. The van der Waals surface area contributed by atoms with Crippen molar-refractivity contribution in [2.24, 2.45) is 0 Å². The molecule has 2 aliphatic heterocycles. The number of piperidine rings is 1. The molecule has 1 N–H and O–H groups in total. The van der Waals surface area contributed by atoms with E-state index in [0.29, 0.717) is 13.0 Å². The van der Waals surface area contributed by atoms with E-state index in [4.69, 9.17) is 0 Å². The number of benzene rings is 2. The van der Waals surface area contributed by atoms with Gasteiger partial charge in [0.05, 0.1) is 4.90 Å². The zero-order chi connectivity index (χ0) is 20.3. The number of carbonyl (C=O) groups is 1. The van der Waals surface area contributed by atoms with Crippen LogP contribution in [0.15, 0.2) is 59.5 Å². The fourth-order valence-electron chi connectivity index (χ4n) is 4.06. The fourth-order valence-corrected chi connectivity index (χ4v) is 5.37. The van der Waals surface area contributed by atoms with Crippen LogP contribution in [-0.2, 0) is 21.4 Å². The lowest BCUT2D eigenvalue weighted by Gasteiger charge is -2.32. The molecule has 2 aromatic carbocycles. The zero-order valence-corrected chi connectivity index (χ0v) is 17.3. The summed E-state index contributed by atoms with van der Waals surface area (Å²) in [4.78, 5) is 16.2. The molecule has 6 nitrogen and oxygen atoms in total. The third-order valence-electron chi connectivity index (χ3n) is 5.69. The monoisotopic (exact) mass is 413 g/mol. The molecule has 2 saturated heterocycles. The van der Waals surface area contributed by atoms with Crippen molar-refractivity contribution in [1.29, 1.82) is 0 Å². The second-order valence-corrected chi connectivity index (χ2v) is 9.51. The molecule has 0 atom stereocenters. The number of nitrogens with zero attached hydrogens (tertiary/aromatic N) is 2. The number of amides is 1. The highest BCUT2D eigenvalue weighted by Gasteiger charge is 2.26. The van der Waals surface area contributed by atoms with Gasteiger partial charge in [0.25, 0.3) is 0 Å². The molecule has 0 aromatic heterocycles. The number of hydrogen-bond acceptors (Lipinski definition) is 4. The maximum absolute atomic E-state index is 12.8. The normalized spacial score (nSPS) is 19.0. The van der Waals surface area contributed by atoms with Crippen LogP contribution in [0.3, 0.4) is 0 Å². The average Bonchev–Trinajstić information content (AvgIpc) is 3.16. The number of rotatable bonds is 6. The Kier molecular flexibility index (Phi) is 5.99. The van der Waals surface area contributed by atoms with Gasteiger partial charge in [-0.1, -0.05) is 30.3 Å². The summed E-state index contributed by atoms with van der Waals surface area (Å²) in [7, 11) is -3.56. The second-order valence-electron chi connectivity index (χ2n) is 7.80. The van der Waals surface area contributed by atoms with Gasteiger partial charge in [-0.25, -0.2) is 13.1 Å². The first kappa shape index (κ1) is 20.1. The van der Waals surface area contributed by atoms with E-state index in [-0.39, 0.29) is 16.8 Å². The van der Waals surface area contributed by atoms with Gasteiger partial charge in [0, 0.05) is 44.3 Å². The van der Waals surface area contributed by atoms with Crippen molar-refractivity contribution in [2.75, 3.05) is 24.5 Å². The molecule has 2 heterocycles. The van der Waals surface area contributed by atoms with E-state index >= 15 is 0 Å². The first-order valence-corrected chi connectivity index (χ1v) is 11.7. The third-order valence-corrected chi connectivity index (χ3v) is 7.23. The summed E-state index contributed by atoms with van der Waals surface area (Å²) in [5.74, 6) is 0.0981. The highest BCUT2D eigenvalue weighted by atomic mass is 32.2. The Balaban J connectivity index is 1.32. The summed E-state index contributed by atoms with van der Waals surface area (Å²) >= 11 is 0. The van der Waals surface area contributed by atoms with Crippen LogP contribution in [0.1, 0.15) is 31.2 Å². The highest BCUT2D eigenvalue weighted by Crippen LogP contribution is 2.23. The quantitative estimate of drug-likeness (QED) is 0.791. The fraction of sp³-hybridized carbons (Fsp3) is 0.409. The summed E-state index contributed by atoms with van der Waals surface area (Å²) in [6.07, 6.45) is 3.01. The summed E-state index contributed by atoms with van der Waals surface area (Å²) in [5, 5.41) is 0. The van der Waals surface area contributed by atoms with E-state index in [9.17, 15) is 13.2 Å². The predicted octanol–water partition coefficient (Wildman–Crippen LogP) is 2.76. The minimum Gasteiger partial charge on any atom is -0.312 e. The number of hydrogen-bond donors (Lipinski definition) is 1. The number of nitrogens with one attached hydrogen (secondary N) is 1. The summed E-state index contributed by atoms with van der Waals surface area (Å²) < 4.78 is 28.4. The third kappa shape index (κ3) is 4.86. The maximum Gasteiger partial charge on any atom is 0.240 e. The smallest absolute Gasteiger partial charge is 0.240 e. The Bertz CT molecular complexity index is 937. The second kappa shape index (κ2) is 8.65. The van der Waals surface area contributed by atoms with E-state index < -0.39 is 10.0 Å². The molecule has 2 fully saturated rings. The first-order chi connectivity index (χ1) is 14.0. The number of carbonyl (C=O) groups excluding carboxylic acids is 1. The van der Waals surface area contributed by atoms with Crippen molar-refractivity contribution in [3.8, 4) is 0 Å². The molecule has 1 amide bonds. The van der Waals surface area contributed by atoms with Crippen molar-refractivity contribution < 1.29 is 13.2 Å². The van der Waals surface area contributed by atoms with Crippen LogP contribution in [0, 0.1) is 0 Å². The molecule has 2 aliphatic rings. The van der Waals surface area contributed by atoms with Crippen LogP contribution < -0.4 is 9.62 Å². The summed E-state index contributed by atoms with van der Waals surface area (Å²) in [6, 6.07) is 16.9. The minimum atomic E-state index is -3.56. The first-order valence-electron chi connectivity index (χ1n) is 10.2. The Morgan fingerprint density at radius 1 is 0.931 bits per heavy atom. The van der Waals surface area contributed by atoms with Crippen LogP contribution in [-0.4, -0.2) is 44.9 Å². The standard InChI is InChI=1S/C22H27N3O3S/c26-22-7-4-14-25(22)20-8-10-21(11-9-20)29(27,28)23-19-12-15-24(16-13-19)17-18-5-2-1-3-6-18/h1-3,5-6,8-11,19,23H,4,7,12-17H2. The minimum absolute atomic E-state index is 0.0492. The summed E-state index contributed by atoms with van der Waals surface area (Å²) in [5.41, 5.74) is 2.05. The summed E-state index contributed by atoms with van der Waals surface area (Å²) in [6.45, 7) is 3.35. The molecule has 0 aliphatic carbocycles. The van der Waals surface area contributed by atoms with Gasteiger partial charge in [0.15, 0.2) is 0 Å². The highest BCUT2D eigenvalue weighted by molar-refractivity contribution is 7.89. The van der Waals surface area contributed by atoms with Gasteiger partial charge in [-0.15, -0.1) is 0 Å². The van der Waals surface area contributed by atoms with Crippen LogP contribution >= 0.6 is 0 Å². The molecule has 0 bridgehead atoms.